The number of carbonyl (C=O) groups excluding carboxylic acids is 1. The smallest absolute Gasteiger partial charge is 0.376 e. The second kappa shape index (κ2) is 4.78. The van der Waals surface area contributed by atoms with Crippen LogP contribution in [0.4, 0.5) is 4.39 Å². The summed E-state index contributed by atoms with van der Waals surface area (Å²) >= 11 is 0. The van der Waals surface area contributed by atoms with Gasteiger partial charge in [-0.05, 0) is 19.1 Å². The summed E-state index contributed by atoms with van der Waals surface area (Å²) in [5.74, 6) is -1.03. The van der Waals surface area contributed by atoms with E-state index in [1.807, 2.05) is 0 Å². The number of hydrogen-bond acceptors (Lipinski definition) is 4. The van der Waals surface area contributed by atoms with E-state index in [0.717, 1.165) is 6.39 Å². The minimum atomic E-state index is -0.607. The van der Waals surface area contributed by atoms with E-state index < -0.39 is 11.8 Å². The minimum Gasteiger partial charge on any atom is -0.460 e. The zero-order valence-corrected chi connectivity index (χ0v) is 9.14. The van der Waals surface area contributed by atoms with Gasteiger partial charge >= 0.3 is 5.97 Å². The number of nitrogens with zero attached hydrogens (tertiary/aromatic N) is 1. The first kappa shape index (κ1) is 11.3. The molecule has 0 spiro atoms. The third-order valence-electron chi connectivity index (χ3n) is 2.13. The van der Waals surface area contributed by atoms with Crippen LogP contribution in [0.2, 0.25) is 0 Å². The van der Waals surface area contributed by atoms with Crippen LogP contribution in [0.3, 0.4) is 0 Å². The number of ether oxygens (including phenoxy) is 1. The van der Waals surface area contributed by atoms with Gasteiger partial charge in [-0.1, -0.05) is 12.1 Å². The largest absolute Gasteiger partial charge is 0.460 e. The highest BCUT2D eigenvalue weighted by Crippen LogP contribution is 2.23. The molecule has 88 valence electrons. The highest BCUT2D eigenvalue weighted by Gasteiger charge is 2.19. The molecule has 0 amide bonds. The Balaban J connectivity index is 2.40. The van der Waals surface area contributed by atoms with Gasteiger partial charge in [-0.3, -0.25) is 0 Å². The predicted molar refractivity (Wildman–Crippen MR) is 57.9 cm³/mol. The highest BCUT2D eigenvalue weighted by molar-refractivity contribution is 5.93. The van der Waals surface area contributed by atoms with Crippen LogP contribution < -0.4 is 0 Å². The van der Waals surface area contributed by atoms with Gasteiger partial charge in [0.05, 0.1) is 6.61 Å². The van der Waals surface area contributed by atoms with Crippen molar-refractivity contribution in [3.63, 3.8) is 0 Å². The van der Waals surface area contributed by atoms with Crippen molar-refractivity contribution in [1.82, 2.24) is 4.98 Å². The van der Waals surface area contributed by atoms with E-state index in [1.165, 1.54) is 18.2 Å². The van der Waals surface area contributed by atoms with E-state index >= 15 is 0 Å². The monoisotopic (exact) mass is 235 g/mol. The van der Waals surface area contributed by atoms with Crippen LogP contribution in [0.15, 0.2) is 35.1 Å². The summed E-state index contributed by atoms with van der Waals surface area (Å²) in [5.41, 5.74) is 0.754. The summed E-state index contributed by atoms with van der Waals surface area (Å²) in [5, 5.41) is 0. The van der Waals surface area contributed by atoms with Gasteiger partial charge in [-0.2, -0.15) is 0 Å². The lowest BCUT2D eigenvalue weighted by molar-refractivity contribution is 0.0491. The highest BCUT2D eigenvalue weighted by atomic mass is 19.1. The van der Waals surface area contributed by atoms with Crippen LogP contribution >= 0.6 is 0 Å². The molecule has 0 saturated carbocycles. The van der Waals surface area contributed by atoms with Gasteiger partial charge in [0.15, 0.2) is 6.39 Å². The molecule has 0 radical (unpaired) electrons. The molecule has 0 aliphatic heterocycles. The van der Waals surface area contributed by atoms with Gasteiger partial charge in [0.25, 0.3) is 0 Å². The summed E-state index contributed by atoms with van der Waals surface area (Å²) in [6.45, 7) is 1.93. The number of hydrogen-bond donors (Lipinski definition) is 0. The Morgan fingerprint density at radius 1 is 1.53 bits per heavy atom. The number of rotatable bonds is 3. The quantitative estimate of drug-likeness (QED) is 0.767. The van der Waals surface area contributed by atoms with Crippen LogP contribution in [0, 0.1) is 5.82 Å². The molecule has 0 atom stereocenters. The van der Waals surface area contributed by atoms with Gasteiger partial charge in [0.2, 0.25) is 5.76 Å². The van der Waals surface area contributed by atoms with Gasteiger partial charge in [-0.15, -0.1) is 0 Å². The SMILES string of the molecule is CCOC(=O)c1ocnc1-c1cccc(F)c1. The van der Waals surface area contributed by atoms with Crippen molar-refractivity contribution in [3.05, 3.63) is 42.2 Å². The molecule has 2 aromatic rings. The molecule has 0 N–H and O–H groups in total. The molecule has 0 aliphatic rings. The molecule has 17 heavy (non-hydrogen) atoms. The Bertz CT molecular complexity index is 536. The van der Waals surface area contributed by atoms with E-state index in [4.69, 9.17) is 9.15 Å². The van der Waals surface area contributed by atoms with Gasteiger partial charge in [0, 0.05) is 5.56 Å². The maximum Gasteiger partial charge on any atom is 0.376 e. The Morgan fingerprint density at radius 2 is 2.35 bits per heavy atom. The first-order valence-electron chi connectivity index (χ1n) is 5.09. The Morgan fingerprint density at radius 3 is 3.06 bits per heavy atom. The maximum absolute atomic E-state index is 13.1. The van der Waals surface area contributed by atoms with E-state index in [9.17, 15) is 9.18 Å². The molecule has 0 aliphatic carbocycles. The second-order valence-electron chi connectivity index (χ2n) is 3.26. The van der Waals surface area contributed by atoms with Crippen LogP contribution in [0.1, 0.15) is 17.5 Å². The molecule has 1 aromatic heterocycles. The fraction of sp³-hybridized carbons (Fsp3) is 0.167. The van der Waals surface area contributed by atoms with Crippen LogP contribution in [0.5, 0.6) is 0 Å². The fourth-order valence-electron chi connectivity index (χ4n) is 1.43. The van der Waals surface area contributed by atoms with Crippen molar-refractivity contribution in [2.75, 3.05) is 6.61 Å². The molecule has 5 heteroatoms. The van der Waals surface area contributed by atoms with E-state index in [1.54, 1.807) is 13.0 Å². The van der Waals surface area contributed by atoms with Gasteiger partial charge < -0.3 is 9.15 Å². The zero-order valence-electron chi connectivity index (χ0n) is 9.14. The normalized spacial score (nSPS) is 10.2. The number of aromatic nitrogens is 1. The molecule has 2 rings (SSSR count). The lowest BCUT2D eigenvalue weighted by Gasteiger charge is -2.01. The topological polar surface area (TPSA) is 52.3 Å². The second-order valence-corrected chi connectivity index (χ2v) is 3.26. The summed E-state index contributed by atoms with van der Waals surface area (Å²) in [6, 6.07) is 5.77. The number of oxazole rings is 1. The van der Waals surface area contributed by atoms with Gasteiger partial charge in [-0.25, -0.2) is 14.2 Å². The van der Waals surface area contributed by atoms with Crippen molar-refractivity contribution < 1.29 is 18.3 Å². The van der Waals surface area contributed by atoms with Crippen molar-refractivity contribution >= 4 is 5.97 Å². The molecule has 0 bridgehead atoms. The van der Waals surface area contributed by atoms with Crippen molar-refractivity contribution in [2.24, 2.45) is 0 Å². The van der Waals surface area contributed by atoms with Crippen molar-refractivity contribution in [3.8, 4) is 11.3 Å². The molecular weight excluding hydrogens is 225 g/mol. The third kappa shape index (κ3) is 2.33. The van der Waals surface area contributed by atoms with E-state index in [0.29, 0.717) is 5.56 Å². The molecule has 0 saturated heterocycles. The number of esters is 1. The Hall–Kier alpha value is -2.17. The van der Waals surface area contributed by atoms with Crippen LogP contribution in [-0.2, 0) is 4.74 Å². The fourth-order valence-corrected chi connectivity index (χ4v) is 1.43. The standard InChI is InChI=1S/C12H10FNO3/c1-2-16-12(15)11-10(14-7-17-11)8-4-3-5-9(13)6-8/h3-7H,2H2,1H3. The van der Waals surface area contributed by atoms with Gasteiger partial charge in [0.1, 0.15) is 11.5 Å². The predicted octanol–water partition coefficient (Wildman–Crippen LogP) is 2.66. The summed E-state index contributed by atoms with van der Waals surface area (Å²) in [4.78, 5) is 15.4. The first-order valence-corrected chi connectivity index (χ1v) is 5.09. The van der Waals surface area contributed by atoms with Crippen molar-refractivity contribution in [1.29, 1.82) is 0 Å². The number of halogens is 1. The maximum atomic E-state index is 13.1. The lowest BCUT2D eigenvalue weighted by atomic mass is 10.1. The Kier molecular flexibility index (Phi) is 3.18. The molecule has 1 aromatic carbocycles. The van der Waals surface area contributed by atoms with Crippen LogP contribution in [0.25, 0.3) is 11.3 Å². The van der Waals surface area contributed by atoms with E-state index in [2.05, 4.69) is 4.98 Å². The lowest BCUT2D eigenvalue weighted by Crippen LogP contribution is -2.04. The molecule has 0 unspecified atom stereocenters. The zero-order chi connectivity index (χ0) is 12.3. The first-order chi connectivity index (χ1) is 8.22. The van der Waals surface area contributed by atoms with E-state index in [-0.39, 0.29) is 18.1 Å². The minimum absolute atomic E-state index is 0.0162. The molecule has 0 fully saturated rings. The van der Waals surface area contributed by atoms with Crippen LogP contribution in [-0.4, -0.2) is 17.6 Å². The molecule has 1 heterocycles. The molecule has 4 nitrogen and oxygen atoms in total. The molecular formula is C12H10FNO3. The number of carbonyl (C=O) groups is 1. The summed E-state index contributed by atoms with van der Waals surface area (Å²) in [7, 11) is 0. The average molecular weight is 235 g/mol. The third-order valence-corrected chi connectivity index (χ3v) is 2.13. The summed E-state index contributed by atoms with van der Waals surface area (Å²) < 4.78 is 22.8. The average Bonchev–Trinajstić information content (AvgIpc) is 2.78. The summed E-state index contributed by atoms with van der Waals surface area (Å²) in [6.07, 6.45) is 1.13. The number of benzene rings is 1. The Labute approximate surface area is 97.0 Å². The van der Waals surface area contributed by atoms with Crippen molar-refractivity contribution in [2.45, 2.75) is 6.92 Å².